The van der Waals surface area contributed by atoms with Crippen molar-refractivity contribution >= 4 is 5.91 Å². The van der Waals surface area contributed by atoms with Gasteiger partial charge in [-0.3, -0.25) is 4.79 Å². The van der Waals surface area contributed by atoms with Gasteiger partial charge in [-0.05, 0) is 63.5 Å². The summed E-state index contributed by atoms with van der Waals surface area (Å²) in [5.41, 5.74) is 2.01. The molecule has 2 aliphatic rings. The molecule has 1 heterocycles. The second-order valence-corrected chi connectivity index (χ2v) is 6.95. The molecule has 2 aliphatic carbocycles. The van der Waals surface area contributed by atoms with E-state index >= 15 is 0 Å². The molecule has 0 aliphatic heterocycles. The van der Waals surface area contributed by atoms with E-state index in [-0.39, 0.29) is 5.91 Å². The molecular weight excluding hydrogens is 260 g/mol. The highest BCUT2D eigenvalue weighted by Gasteiger charge is 2.39. The first-order chi connectivity index (χ1) is 10.1. The van der Waals surface area contributed by atoms with Gasteiger partial charge >= 0.3 is 0 Å². The molecule has 0 bridgehead atoms. The van der Waals surface area contributed by atoms with E-state index in [9.17, 15) is 4.79 Å². The highest BCUT2D eigenvalue weighted by molar-refractivity contribution is 5.93. The first kappa shape index (κ1) is 14.7. The molecule has 0 N–H and O–H groups in total. The van der Waals surface area contributed by atoms with E-state index in [0.717, 1.165) is 17.3 Å². The van der Waals surface area contributed by atoms with Gasteiger partial charge in [0.05, 0.1) is 0 Å². The number of hydrogen-bond acceptors (Lipinski definition) is 1. The highest BCUT2D eigenvalue weighted by Crippen LogP contribution is 2.37. The highest BCUT2D eigenvalue weighted by atomic mass is 16.2. The lowest BCUT2D eigenvalue weighted by Gasteiger charge is -2.37. The Balaban J connectivity index is 1.76. The summed E-state index contributed by atoms with van der Waals surface area (Å²) in [5.74, 6) is 1.14. The van der Waals surface area contributed by atoms with Crippen molar-refractivity contribution in [2.45, 2.75) is 70.9 Å². The smallest absolute Gasteiger partial charge is 0.270 e. The van der Waals surface area contributed by atoms with Crippen molar-refractivity contribution in [2.75, 3.05) is 0 Å². The van der Waals surface area contributed by atoms with Crippen LogP contribution in [0.5, 0.6) is 0 Å². The van der Waals surface area contributed by atoms with Crippen LogP contribution in [0.2, 0.25) is 0 Å². The maximum Gasteiger partial charge on any atom is 0.270 e. The van der Waals surface area contributed by atoms with Gasteiger partial charge in [-0.1, -0.05) is 13.3 Å². The maximum atomic E-state index is 13.0. The Bertz CT molecular complexity index is 507. The summed E-state index contributed by atoms with van der Waals surface area (Å²) in [6, 6.07) is 5.02. The number of carbonyl (C=O) groups is 1. The fourth-order valence-corrected chi connectivity index (χ4v) is 3.77. The van der Waals surface area contributed by atoms with Crippen LogP contribution in [0.25, 0.3) is 0 Å². The molecule has 0 radical (unpaired) electrons. The van der Waals surface area contributed by atoms with Gasteiger partial charge < -0.3 is 9.47 Å². The first-order valence-electron chi connectivity index (χ1n) is 8.56. The van der Waals surface area contributed by atoms with Crippen molar-refractivity contribution in [1.29, 1.82) is 0 Å². The minimum absolute atomic E-state index is 0.257. The number of hydrogen-bond donors (Lipinski definition) is 0. The standard InChI is InChI=1S/C18H28N2O/c1-4-14-6-8-15(9-7-14)20(16-10-11-16)18(21)17-12-5-13(2)19(17)3/h5,12,14-16H,4,6-11H2,1-3H3. The van der Waals surface area contributed by atoms with Gasteiger partial charge in [-0.25, -0.2) is 0 Å². The van der Waals surface area contributed by atoms with Gasteiger partial charge in [0.25, 0.3) is 5.91 Å². The SMILES string of the molecule is CCC1CCC(N(C(=O)c2ccc(C)n2C)C2CC2)CC1. The topological polar surface area (TPSA) is 25.2 Å². The minimum Gasteiger partial charge on any atom is -0.344 e. The van der Waals surface area contributed by atoms with E-state index < -0.39 is 0 Å². The predicted octanol–water partition coefficient (Wildman–Crippen LogP) is 3.91. The molecule has 2 saturated carbocycles. The third-order valence-electron chi connectivity index (χ3n) is 5.55. The summed E-state index contributed by atoms with van der Waals surface area (Å²) in [5, 5.41) is 0. The Morgan fingerprint density at radius 3 is 2.14 bits per heavy atom. The van der Waals surface area contributed by atoms with E-state index in [0.29, 0.717) is 12.1 Å². The lowest BCUT2D eigenvalue weighted by atomic mass is 9.83. The fourth-order valence-electron chi connectivity index (χ4n) is 3.77. The molecule has 1 amide bonds. The van der Waals surface area contributed by atoms with E-state index in [4.69, 9.17) is 0 Å². The second kappa shape index (κ2) is 5.86. The molecule has 0 saturated heterocycles. The van der Waals surface area contributed by atoms with Gasteiger partial charge in [0.15, 0.2) is 0 Å². The molecule has 3 nitrogen and oxygen atoms in total. The van der Waals surface area contributed by atoms with Crippen molar-refractivity contribution in [3.63, 3.8) is 0 Å². The zero-order valence-electron chi connectivity index (χ0n) is 13.6. The van der Waals surface area contributed by atoms with Crippen molar-refractivity contribution in [3.8, 4) is 0 Å². The Kier molecular flexibility index (Phi) is 4.10. The molecule has 3 rings (SSSR count). The molecule has 1 aromatic heterocycles. The fraction of sp³-hybridized carbons (Fsp3) is 0.722. The second-order valence-electron chi connectivity index (χ2n) is 6.95. The van der Waals surface area contributed by atoms with Crippen LogP contribution in [0.3, 0.4) is 0 Å². The Hall–Kier alpha value is -1.25. The van der Waals surface area contributed by atoms with Crippen LogP contribution in [0.1, 0.15) is 68.1 Å². The number of aryl methyl sites for hydroxylation is 1. The van der Waals surface area contributed by atoms with Crippen LogP contribution in [0.15, 0.2) is 12.1 Å². The van der Waals surface area contributed by atoms with E-state index in [1.807, 2.05) is 23.7 Å². The summed E-state index contributed by atoms with van der Waals surface area (Å²) >= 11 is 0. The summed E-state index contributed by atoms with van der Waals surface area (Å²) in [6.07, 6.45) is 8.68. The van der Waals surface area contributed by atoms with E-state index in [2.05, 4.69) is 18.7 Å². The maximum absolute atomic E-state index is 13.0. The molecule has 2 fully saturated rings. The van der Waals surface area contributed by atoms with E-state index in [1.54, 1.807) is 0 Å². The monoisotopic (exact) mass is 288 g/mol. The molecule has 0 unspecified atom stereocenters. The zero-order chi connectivity index (χ0) is 15.0. The average Bonchev–Trinajstić information content (AvgIpc) is 3.27. The lowest BCUT2D eigenvalue weighted by molar-refractivity contribution is 0.0577. The number of nitrogens with zero attached hydrogens (tertiary/aromatic N) is 2. The summed E-state index contributed by atoms with van der Waals surface area (Å²) in [7, 11) is 2.00. The normalized spacial score (nSPS) is 25.9. The molecule has 0 aromatic carbocycles. The predicted molar refractivity (Wildman–Crippen MR) is 85.4 cm³/mol. The molecule has 3 heteroatoms. The lowest BCUT2D eigenvalue weighted by Crippen LogP contribution is -2.44. The third-order valence-corrected chi connectivity index (χ3v) is 5.55. The Morgan fingerprint density at radius 1 is 1.14 bits per heavy atom. The van der Waals surface area contributed by atoms with Crippen LogP contribution in [0.4, 0.5) is 0 Å². The van der Waals surface area contributed by atoms with Crippen molar-refractivity contribution in [3.05, 3.63) is 23.5 Å². The summed E-state index contributed by atoms with van der Waals surface area (Å²) in [4.78, 5) is 15.3. The van der Waals surface area contributed by atoms with Gasteiger partial charge in [0, 0.05) is 24.8 Å². The molecule has 0 atom stereocenters. The summed E-state index contributed by atoms with van der Waals surface area (Å²) in [6.45, 7) is 4.35. The van der Waals surface area contributed by atoms with Gasteiger partial charge in [-0.2, -0.15) is 0 Å². The quantitative estimate of drug-likeness (QED) is 0.824. The van der Waals surface area contributed by atoms with Crippen molar-refractivity contribution in [2.24, 2.45) is 13.0 Å². The van der Waals surface area contributed by atoms with Crippen molar-refractivity contribution < 1.29 is 4.79 Å². The Morgan fingerprint density at radius 2 is 1.71 bits per heavy atom. The van der Waals surface area contributed by atoms with Crippen LogP contribution < -0.4 is 0 Å². The molecule has 116 valence electrons. The van der Waals surface area contributed by atoms with Gasteiger partial charge in [0.2, 0.25) is 0 Å². The Labute approximate surface area is 128 Å². The molecule has 21 heavy (non-hydrogen) atoms. The van der Waals surface area contributed by atoms with Crippen LogP contribution in [-0.4, -0.2) is 27.5 Å². The first-order valence-corrected chi connectivity index (χ1v) is 8.56. The third kappa shape index (κ3) is 2.88. The van der Waals surface area contributed by atoms with Crippen LogP contribution in [-0.2, 0) is 7.05 Å². The summed E-state index contributed by atoms with van der Waals surface area (Å²) < 4.78 is 2.04. The van der Waals surface area contributed by atoms with Gasteiger partial charge in [0.1, 0.15) is 5.69 Å². The largest absolute Gasteiger partial charge is 0.344 e. The number of rotatable bonds is 4. The van der Waals surface area contributed by atoms with Crippen LogP contribution in [0, 0.1) is 12.8 Å². The number of carbonyl (C=O) groups excluding carboxylic acids is 1. The molecule has 0 spiro atoms. The number of aromatic nitrogens is 1. The van der Waals surface area contributed by atoms with Crippen LogP contribution >= 0.6 is 0 Å². The van der Waals surface area contributed by atoms with Crippen molar-refractivity contribution in [1.82, 2.24) is 9.47 Å². The molecular formula is C18H28N2O. The molecule has 1 aromatic rings. The zero-order valence-corrected chi connectivity index (χ0v) is 13.6. The minimum atomic E-state index is 0.257. The van der Waals surface area contributed by atoms with Gasteiger partial charge in [-0.15, -0.1) is 0 Å². The average molecular weight is 288 g/mol. The van der Waals surface area contributed by atoms with E-state index in [1.165, 1.54) is 44.9 Å². The number of amides is 1.